The zero-order valence-corrected chi connectivity index (χ0v) is 11.3. The predicted octanol–water partition coefficient (Wildman–Crippen LogP) is 1.42. The summed E-state index contributed by atoms with van der Waals surface area (Å²) in [5.74, 6) is -1.39. The Morgan fingerprint density at radius 1 is 1.47 bits per heavy atom. The number of carboxylic acids is 1. The smallest absolute Gasteiger partial charge is 0.331 e. The van der Waals surface area contributed by atoms with Crippen LogP contribution >= 0.6 is 23.1 Å². The first-order valence-corrected chi connectivity index (χ1v) is 7.17. The van der Waals surface area contributed by atoms with E-state index in [-0.39, 0.29) is 11.6 Å². The zero-order valence-electron chi connectivity index (χ0n) is 9.65. The van der Waals surface area contributed by atoms with Crippen LogP contribution in [0.2, 0.25) is 0 Å². The molecule has 2 aromatic heterocycles. The molecule has 6 nitrogen and oxygen atoms in total. The molecule has 0 saturated heterocycles. The molecule has 0 spiro atoms. The highest BCUT2D eigenvalue weighted by atomic mass is 32.1. The summed E-state index contributed by atoms with van der Waals surface area (Å²) in [7, 11) is 0. The summed E-state index contributed by atoms with van der Waals surface area (Å²) in [6, 6.07) is 0.849. The second-order valence-electron chi connectivity index (χ2n) is 4.08. The van der Waals surface area contributed by atoms with Crippen molar-refractivity contribution in [2.45, 2.75) is 12.5 Å². The highest BCUT2D eigenvalue weighted by Crippen LogP contribution is 2.34. The van der Waals surface area contributed by atoms with E-state index in [1.807, 2.05) is 5.38 Å². The van der Waals surface area contributed by atoms with Crippen LogP contribution in [0.4, 0.5) is 0 Å². The number of aromatic nitrogens is 2. The Bertz CT molecular complexity index is 623. The van der Waals surface area contributed by atoms with E-state index in [0.29, 0.717) is 18.5 Å². The average Bonchev–Trinajstić information content (AvgIpc) is 3.06. The largest absolute Gasteiger partial charge is 0.479 e. The van der Waals surface area contributed by atoms with Gasteiger partial charge in [-0.15, -0.1) is 11.3 Å². The van der Waals surface area contributed by atoms with E-state index in [0.717, 1.165) is 16.6 Å². The van der Waals surface area contributed by atoms with Gasteiger partial charge in [-0.1, -0.05) is 0 Å². The molecule has 0 aromatic carbocycles. The zero-order chi connectivity index (χ0) is 13.4. The second kappa shape index (κ2) is 4.71. The van der Waals surface area contributed by atoms with Crippen LogP contribution in [0.3, 0.4) is 0 Å². The maximum absolute atomic E-state index is 12.3. The Morgan fingerprint density at radius 2 is 2.32 bits per heavy atom. The quantitative estimate of drug-likeness (QED) is 0.906. The van der Waals surface area contributed by atoms with Crippen molar-refractivity contribution in [3.05, 3.63) is 33.8 Å². The van der Waals surface area contributed by atoms with Crippen LogP contribution in [0, 0.1) is 0 Å². The van der Waals surface area contributed by atoms with Crippen LogP contribution in [-0.4, -0.2) is 37.2 Å². The molecule has 8 heteroatoms. The minimum absolute atomic E-state index is 0.204. The summed E-state index contributed by atoms with van der Waals surface area (Å²) >= 11 is 2.47. The first kappa shape index (κ1) is 12.2. The molecule has 98 valence electrons. The molecule has 1 amide bonds. The fourth-order valence-electron chi connectivity index (χ4n) is 2.21. The summed E-state index contributed by atoms with van der Waals surface area (Å²) in [4.78, 5) is 26.1. The summed E-state index contributed by atoms with van der Waals surface area (Å²) in [5.41, 5.74) is 0.912. The number of carbonyl (C=O) groups is 2. The summed E-state index contributed by atoms with van der Waals surface area (Å²) in [6.07, 6.45) is 2.05. The molecule has 1 atom stereocenters. The van der Waals surface area contributed by atoms with Crippen molar-refractivity contribution >= 4 is 34.9 Å². The van der Waals surface area contributed by atoms with Gasteiger partial charge in [-0.05, 0) is 23.4 Å². The third kappa shape index (κ3) is 2.02. The van der Waals surface area contributed by atoms with E-state index in [9.17, 15) is 14.7 Å². The standard InChI is InChI=1S/C11H9N3O3S2/c15-10(7-5-12-19-13-7)14-3-1-8-6(2-4-18-8)9(14)11(16)17/h2,4-5,9H,1,3H2,(H,16,17). The van der Waals surface area contributed by atoms with E-state index in [1.54, 1.807) is 6.07 Å². The van der Waals surface area contributed by atoms with Gasteiger partial charge in [0.05, 0.1) is 17.9 Å². The summed E-state index contributed by atoms with van der Waals surface area (Å²) in [5, 5.41) is 11.3. The molecule has 19 heavy (non-hydrogen) atoms. The van der Waals surface area contributed by atoms with Gasteiger partial charge in [0.1, 0.15) is 0 Å². The van der Waals surface area contributed by atoms with Crippen molar-refractivity contribution < 1.29 is 14.7 Å². The third-order valence-corrected chi connectivity index (χ3v) is 4.52. The lowest BCUT2D eigenvalue weighted by molar-refractivity contribution is -0.142. The molecule has 0 aliphatic carbocycles. The van der Waals surface area contributed by atoms with E-state index < -0.39 is 12.0 Å². The lowest BCUT2D eigenvalue weighted by Crippen LogP contribution is -2.43. The van der Waals surface area contributed by atoms with Crippen LogP contribution < -0.4 is 0 Å². The fraction of sp³-hybridized carbons (Fsp3) is 0.273. The molecule has 0 fully saturated rings. The number of rotatable bonds is 2. The molecule has 3 rings (SSSR count). The number of thiophene rings is 1. The second-order valence-corrected chi connectivity index (χ2v) is 5.64. The number of carbonyl (C=O) groups excluding carboxylic acids is 1. The average molecular weight is 295 g/mol. The monoisotopic (exact) mass is 295 g/mol. The molecule has 1 aliphatic rings. The van der Waals surface area contributed by atoms with Crippen LogP contribution in [0.15, 0.2) is 17.6 Å². The molecule has 1 unspecified atom stereocenters. The first-order valence-electron chi connectivity index (χ1n) is 5.56. The van der Waals surface area contributed by atoms with Crippen molar-refractivity contribution in [1.29, 1.82) is 0 Å². The van der Waals surface area contributed by atoms with Crippen molar-refractivity contribution in [2.75, 3.05) is 6.54 Å². The number of carboxylic acid groups (broad SMARTS) is 1. The third-order valence-electron chi connectivity index (χ3n) is 3.04. The SMILES string of the molecule is O=C(O)C1c2ccsc2CCN1C(=O)c1cnsn1. The van der Waals surface area contributed by atoms with Gasteiger partial charge in [-0.25, -0.2) is 4.79 Å². The fourth-order valence-corrected chi connectivity index (χ4v) is 3.52. The van der Waals surface area contributed by atoms with Gasteiger partial charge in [-0.3, -0.25) is 4.79 Å². The number of nitrogens with zero attached hydrogens (tertiary/aromatic N) is 3. The van der Waals surface area contributed by atoms with Crippen molar-refractivity contribution in [2.24, 2.45) is 0 Å². The van der Waals surface area contributed by atoms with Gasteiger partial charge >= 0.3 is 5.97 Å². The topological polar surface area (TPSA) is 83.4 Å². The van der Waals surface area contributed by atoms with Crippen molar-refractivity contribution in [1.82, 2.24) is 13.6 Å². The van der Waals surface area contributed by atoms with Gasteiger partial charge in [0.2, 0.25) is 0 Å². The van der Waals surface area contributed by atoms with Gasteiger partial charge < -0.3 is 10.0 Å². The molecule has 1 N–H and O–H groups in total. The van der Waals surface area contributed by atoms with Crippen LogP contribution in [-0.2, 0) is 11.2 Å². The normalized spacial score (nSPS) is 18.1. The number of amides is 1. The predicted molar refractivity (Wildman–Crippen MR) is 69.3 cm³/mol. The maximum Gasteiger partial charge on any atom is 0.331 e. The van der Waals surface area contributed by atoms with E-state index in [1.165, 1.54) is 22.4 Å². The Morgan fingerprint density at radius 3 is 3.00 bits per heavy atom. The van der Waals surface area contributed by atoms with Gasteiger partial charge in [0.25, 0.3) is 5.91 Å². The first-order chi connectivity index (χ1) is 9.18. The highest BCUT2D eigenvalue weighted by Gasteiger charge is 2.37. The molecular formula is C11H9N3O3S2. The molecule has 2 aromatic rings. The van der Waals surface area contributed by atoms with E-state index in [4.69, 9.17) is 0 Å². The van der Waals surface area contributed by atoms with Crippen LogP contribution in [0.1, 0.15) is 27.0 Å². The van der Waals surface area contributed by atoms with Crippen molar-refractivity contribution in [3.8, 4) is 0 Å². The van der Waals surface area contributed by atoms with Gasteiger partial charge in [0, 0.05) is 11.4 Å². The van der Waals surface area contributed by atoms with Crippen molar-refractivity contribution in [3.63, 3.8) is 0 Å². The van der Waals surface area contributed by atoms with Crippen LogP contribution in [0.25, 0.3) is 0 Å². The Labute approximate surface area is 116 Å². The summed E-state index contributed by atoms with van der Waals surface area (Å²) < 4.78 is 7.66. The molecule has 0 saturated carbocycles. The lowest BCUT2D eigenvalue weighted by atomic mass is 9.99. The lowest BCUT2D eigenvalue weighted by Gasteiger charge is -2.32. The van der Waals surface area contributed by atoms with E-state index >= 15 is 0 Å². The molecule has 0 radical (unpaired) electrons. The van der Waals surface area contributed by atoms with Crippen LogP contribution in [0.5, 0.6) is 0 Å². The molecule has 0 bridgehead atoms. The molecule has 3 heterocycles. The highest BCUT2D eigenvalue weighted by molar-refractivity contribution is 7.10. The number of fused-ring (bicyclic) bond motifs is 1. The molecular weight excluding hydrogens is 286 g/mol. The number of hydrogen-bond acceptors (Lipinski definition) is 6. The van der Waals surface area contributed by atoms with Gasteiger partial charge in [-0.2, -0.15) is 8.75 Å². The Balaban J connectivity index is 1.98. The van der Waals surface area contributed by atoms with E-state index in [2.05, 4.69) is 8.75 Å². The Hall–Kier alpha value is -1.80. The summed E-state index contributed by atoms with van der Waals surface area (Å²) in [6.45, 7) is 0.390. The minimum atomic E-state index is -1.02. The number of aliphatic carboxylic acids is 1. The minimum Gasteiger partial charge on any atom is -0.479 e. The number of hydrogen-bond donors (Lipinski definition) is 1. The molecule has 1 aliphatic heterocycles. The maximum atomic E-state index is 12.3. The Kier molecular flexibility index (Phi) is 3.03. The van der Waals surface area contributed by atoms with Gasteiger partial charge in [0.15, 0.2) is 11.7 Å².